The van der Waals surface area contributed by atoms with E-state index in [4.69, 9.17) is 19.3 Å². The fraction of sp³-hybridized carbons (Fsp3) is 0.448. The van der Waals surface area contributed by atoms with Gasteiger partial charge in [0.25, 0.3) is 0 Å². The smallest absolute Gasteiger partial charge is 0.150 e. The highest BCUT2D eigenvalue weighted by atomic mass is 16.5. The summed E-state index contributed by atoms with van der Waals surface area (Å²) in [6.45, 7) is 4.39. The van der Waals surface area contributed by atoms with Crippen molar-refractivity contribution >= 4 is 10.9 Å². The summed E-state index contributed by atoms with van der Waals surface area (Å²) in [5.41, 5.74) is 3.93. The first-order valence-electron chi connectivity index (χ1n) is 13.3. The molecule has 1 unspecified atom stereocenters. The summed E-state index contributed by atoms with van der Waals surface area (Å²) in [4.78, 5) is 0. The number of ether oxygens (including phenoxy) is 3. The zero-order valence-corrected chi connectivity index (χ0v) is 21.3. The number of phenolic OH excluding ortho intramolecular Hbond substituents is 1. The Balaban J connectivity index is 1.06. The van der Waals surface area contributed by atoms with Gasteiger partial charge < -0.3 is 19.3 Å². The number of phenols is 1. The number of fused-ring (bicyclic) bond motifs is 1. The molecule has 1 saturated heterocycles. The Labute approximate surface area is 217 Å². The van der Waals surface area contributed by atoms with Gasteiger partial charge in [-0.3, -0.25) is 4.68 Å². The molecular weight excluding hydrogens is 468 g/mol. The molecule has 3 heterocycles. The molecule has 0 saturated carbocycles. The Morgan fingerprint density at radius 2 is 1.84 bits per heavy atom. The van der Waals surface area contributed by atoms with Gasteiger partial charge in [-0.1, -0.05) is 30.3 Å². The van der Waals surface area contributed by atoms with Crippen molar-refractivity contribution in [1.82, 2.24) is 19.6 Å². The van der Waals surface area contributed by atoms with Crippen LogP contribution in [-0.4, -0.2) is 51.1 Å². The minimum atomic E-state index is -0.0694. The molecule has 1 aliphatic heterocycles. The lowest BCUT2D eigenvalue weighted by Gasteiger charge is -2.23. The van der Waals surface area contributed by atoms with Crippen LogP contribution in [0.5, 0.6) is 5.75 Å². The predicted molar refractivity (Wildman–Crippen MR) is 142 cm³/mol. The average molecular weight is 505 g/mol. The maximum Gasteiger partial charge on any atom is 0.150 e. The highest BCUT2D eigenvalue weighted by Gasteiger charge is 2.22. The lowest BCUT2D eigenvalue weighted by Crippen LogP contribution is -2.19. The molecule has 196 valence electrons. The van der Waals surface area contributed by atoms with E-state index in [9.17, 15) is 5.11 Å². The van der Waals surface area contributed by atoms with Crippen LogP contribution in [0.2, 0.25) is 0 Å². The maximum atomic E-state index is 10.1. The SMILES string of the molecule is Oc1ccc2c(c1)c(-c1cnn(CCCCOCCCOCc3ccccc3)c1)nn2C1CCCCO1. The summed E-state index contributed by atoms with van der Waals surface area (Å²) >= 11 is 0. The fourth-order valence-corrected chi connectivity index (χ4v) is 4.69. The number of rotatable bonds is 13. The van der Waals surface area contributed by atoms with Crippen LogP contribution in [0.15, 0.2) is 60.9 Å². The third kappa shape index (κ3) is 6.77. The molecule has 0 spiro atoms. The lowest BCUT2D eigenvalue weighted by molar-refractivity contribution is -0.0365. The van der Waals surface area contributed by atoms with Crippen molar-refractivity contribution in [2.45, 2.75) is 57.9 Å². The molecule has 37 heavy (non-hydrogen) atoms. The van der Waals surface area contributed by atoms with Crippen LogP contribution in [0.25, 0.3) is 22.2 Å². The molecule has 5 rings (SSSR count). The van der Waals surface area contributed by atoms with Crippen LogP contribution in [-0.2, 0) is 27.4 Å². The van der Waals surface area contributed by atoms with Gasteiger partial charge in [0.05, 0.1) is 18.3 Å². The summed E-state index contributed by atoms with van der Waals surface area (Å²) in [6.07, 6.45) is 9.83. The number of hydrogen-bond donors (Lipinski definition) is 1. The highest BCUT2D eigenvalue weighted by Crippen LogP contribution is 2.34. The molecule has 0 aliphatic carbocycles. The first kappa shape index (κ1) is 25.4. The van der Waals surface area contributed by atoms with Crippen molar-refractivity contribution in [3.63, 3.8) is 0 Å². The van der Waals surface area contributed by atoms with E-state index in [1.54, 1.807) is 12.1 Å². The monoisotopic (exact) mass is 504 g/mol. The Bertz CT molecular complexity index is 1250. The van der Waals surface area contributed by atoms with Gasteiger partial charge in [0, 0.05) is 50.1 Å². The number of aromatic hydroxyl groups is 1. The topological polar surface area (TPSA) is 83.6 Å². The van der Waals surface area contributed by atoms with Crippen LogP contribution in [0, 0.1) is 0 Å². The van der Waals surface area contributed by atoms with Gasteiger partial charge in [0.15, 0.2) is 6.23 Å². The molecule has 0 bridgehead atoms. The summed E-state index contributed by atoms with van der Waals surface area (Å²) in [6, 6.07) is 15.6. The molecule has 0 radical (unpaired) electrons. The molecule has 1 fully saturated rings. The Kier molecular flexibility index (Phi) is 8.84. The molecule has 1 atom stereocenters. The van der Waals surface area contributed by atoms with E-state index in [-0.39, 0.29) is 12.0 Å². The van der Waals surface area contributed by atoms with Gasteiger partial charge in [-0.05, 0) is 62.3 Å². The van der Waals surface area contributed by atoms with Gasteiger partial charge in [0.1, 0.15) is 11.4 Å². The van der Waals surface area contributed by atoms with Crippen LogP contribution in [0.1, 0.15) is 50.3 Å². The molecule has 2 aromatic heterocycles. The summed E-state index contributed by atoms with van der Waals surface area (Å²) in [5, 5.41) is 20.5. The van der Waals surface area contributed by atoms with Gasteiger partial charge in [-0.2, -0.15) is 10.2 Å². The molecule has 4 aromatic rings. The van der Waals surface area contributed by atoms with E-state index in [2.05, 4.69) is 17.2 Å². The average Bonchev–Trinajstić information content (AvgIpc) is 3.55. The largest absolute Gasteiger partial charge is 0.508 e. The molecule has 2 aromatic carbocycles. The minimum Gasteiger partial charge on any atom is -0.508 e. The van der Waals surface area contributed by atoms with Gasteiger partial charge in [-0.25, -0.2) is 4.68 Å². The van der Waals surface area contributed by atoms with Crippen molar-refractivity contribution in [1.29, 1.82) is 0 Å². The number of hydrogen-bond acceptors (Lipinski definition) is 6. The summed E-state index contributed by atoms with van der Waals surface area (Å²) in [7, 11) is 0. The maximum absolute atomic E-state index is 10.1. The Hall–Kier alpha value is -3.20. The van der Waals surface area contributed by atoms with Crippen molar-refractivity contribution in [3.05, 3.63) is 66.5 Å². The summed E-state index contributed by atoms with van der Waals surface area (Å²) in [5.74, 6) is 0.230. The van der Waals surface area contributed by atoms with E-state index in [1.807, 2.05) is 46.0 Å². The van der Waals surface area contributed by atoms with E-state index in [0.29, 0.717) is 19.8 Å². The molecule has 8 nitrogen and oxygen atoms in total. The third-order valence-corrected chi connectivity index (χ3v) is 6.64. The zero-order chi connectivity index (χ0) is 25.3. The van der Waals surface area contributed by atoms with Crippen molar-refractivity contribution in [2.75, 3.05) is 26.4 Å². The van der Waals surface area contributed by atoms with Crippen molar-refractivity contribution in [3.8, 4) is 17.0 Å². The normalized spacial score (nSPS) is 15.9. The van der Waals surface area contributed by atoms with Crippen LogP contribution >= 0.6 is 0 Å². The predicted octanol–water partition coefficient (Wildman–Crippen LogP) is 5.71. The molecule has 1 N–H and O–H groups in total. The number of unbranched alkanes of at least 4 members (excludes halogenated alkanes) is 1. The van der Waals surface area contributed by atoms with Gasteiger partial charge >= 0.3 is 0 Å². The van der Waals surface area contributed by atoms with E-state index in [0.717, 1.165) is 80.4 Å². The van der Waals surface area contributed by atoms with Crippen molar-refractivity contribution in [2.24, 2.45) is 0 Å². The minimum absolute atomic E-state index is 0.0694. The van der Waals surface area contributed by atoms with Crippen molar-refractivity contribution < 1.29 is 19.3 Å². The molecule has 8 heteroatoms. The lowest BCUT2D eigenvalue weighted by atomic mass is 10.1. The fourth-order valence-electron chi connectivity index (χ4n) is 4.69. The van der Waals surface area contributed by atoms with Crippen LogP contribution < -0.4 is 0 Å². The first-order chi connectivity index (χ1) is 18.3. The number of aryl methyl sites for hydroxylation is 1. The number of nitrogens with zero attached hydrogens (tertiary/aromatic N) is 4. The number of benzene rings is 2. The zero-order valence-electron chi connectivity index (χ0n) is 21.3. The quantitative estimate of drug-likeness (QED) is 0.235. The Morgan fingerprint density at radius 3 is 2.70 bits per heavy atom. The van der Waals surface area contributed by atoms with E-state index < -0.39 is 0 Å². The molecule has 1 aliphatic rings. The molecular formula is C29H36N4O4. The second-order valence-electron chi connectivity index (χ2n) is 9.52. The standard InChI is InChI=1S/C29H36N4O4/c34-25-12-13-27-26(19-25)29(31-33(27)28-11-4-6-18-37-28)24-20-30-32(21-24)14-5-7-15-35-16-8-17-36-22-23-9-2-1-3-10-23/h1-3,9-10,12-13,19-21,28,34H,4-8,11,14-18,22H2. The first-order valence-corrected chi connectivity index (χ1v) is 13.3. The summed E-state index contributed by atoms with van der Waals surface area (Å²) < 4.78 is 21.4. The van der Waals surface area contributed by atoms with E-state index >= 15 is 0 Å². The van der Waals surface area contributed by atoms with Gasteiger partial charge in [-0.15, -0.1) is 0 Å². The molecule has 0 amide bonds. The van der Waals surface area contributed by atoms with Crippen LogP contribution in [0.4, 0.5) is 0 Å². The van der Waals surface area contributed by atoms with Crippen LogP contribution in [0.3, 0.4) is 0 Å². The van der Waals surface area contributed by atoms with Gasteiger partial charge in [0.2, 0.25) is 0 Å². The second kappa shape index (κ2) is 12.9. The Morgan fingerprint density at radius 1 is 0.973 bits per heavy atom. The highest BCUT2D eigenvalue weighted by molar-refractivity contribution is 5.94. The number of aromatic nitrogens is 4. The third-order valence-electron chi connectivity index (χ3n) is 6.64. The van der Waals surface area contributed by atoms with E-state index in [1.165, 1.54) is 5.56 Å². The second-order valence-corrected chi connectivity index (χ2v) is 9.52.